The summed E-state index contributed by atoms with van der Waals surface area (Å²) >= 11 is 1.31. The monoisotopic (exact) mass is 436 g/mol. The van der Waals surface area contributed by atoms with Gasteiger partial charge in [0.25, 0.3) is 5.91 Å². The van der Waals surface area contributed by atoms with Crippen molar-refractivity contribution in [2.45, 2.75) is 38.6 Å². The van der Waals surface area contributed by atoms with Crippen LogP contribution in [-0.2, 0) is 0 Å². The topological polar surface area (TPSA) is 99.2 Å². The summed E-state index contributed by atoms with van der Waals surface area (Å²) in [5.74, 6) is 0.0731. The van der Waals surface area contributed by atoms with Gasteiger partial charge >= 0.3 is 6.03 Å². The molecule has 31 heavy (non-hydrogen) atoms. The summed E-state index contributed by atoms with van der Waals surface area (Å²) in [4.78, 5) is 37.9. The Hall–Kier alpha value is -3.04. The van der Waals surface area contributed by atoms with E-state index in [1.54, 1.807) is 17.3 Å². The van der Waals surface area contributed by atoms with Crippen LogP contribution in [0.3, 0.4) is 0 Å². The molecule has 5 heterocycles. The average Bonchev–Trinajstić information content (AvgIpc) is 3.14. The molecule has 2 aliphatic heterocycles. The maximum Gasteiger partial charge on any atom is 0.331 e. The number of hydrogen-bond acceptors (Lipinski definition) is 6. The molecule has 9 heteroatoms. The number of amides is 3. The number of urea groups is 1. The molecule has 3 aromatic heterocycles. The van der Waals surface area contributed by atoms with Crippen molar-refractivity contribution >= 4 is 50.6 Å². The third kappa shape index (κ3) is 3.53. The van der Waals surface area contributed by atoms with Gasteiger partial charge in [0.05, 0.1) is 22.4 Å². The van der Waals surface area contributed by atoms with Crippen LogP contribution in [0.15, 0.2) is 30.6 Å². The smallest absolute Gasteiger partial charge is 0.331 e. The molecule has 3 N–H and O–H groups in total. The largest absolute Gasteiger partial charge is 0.347 e. The number of hydrogen-bond donors (Lipinski definition) is 3. The van der Waals surface area contributed by atoms with Crippen LogP contribution in [0.2, 0.25) is 0 Å². The summed E-state index contributed by atoms with van der Waals surface area (Å²) in [5.41, 5.74) is 2.91. The van der Waals surface area contributed by atoms with E-state index < -0.39 is 0 Å². The van der Waals surface area contributed by atoms with Crippen LogP contribution in [0.4, 0.5) is 21.9 Å². The Kier molecular flexibility index (Phi) is 5.07. The maximum absolute atomic E-state index is 13.2. The minimum Gasteiger partial charge on any atom is -0.347 e. The fourth-order valence-corrected chi connectivity index (χ4v) is 5.14. The highest BCUT2D eigenvalue weighted by molar-refractivity contribution is 7.21. The van der Waals surface area contributed by atoms with Gasteiger partial charge in [0.1, 0.15) is 9.71 Å². The van der Waals surface area contributed by atoms with Crippen molar-refractivity contribution in [2.24, 2.45) is 0 Å². The van der Waals surface area contributed by atoms with E-state index in [2.05, 4.69) is 39.8 Å². The molecule has 8 nitrogen and oxygen atoms in total. The van der Waals surface area contributed by atoms with E-state index in [9.17, 15) is 9.59 Å². The van der Waals surface area contributed by atoms with Gasteiger partial charge in [0, 0.05) is 30.7 Å². The number of rotatable bonds is 4. The second-order valence-corrected chi connectivity index (χ2v) is 9.19. The average molecular weight is 437 g/mol. The summed E-state index contributed by atoms with van der Waals surface area (Å²) in [6, 6.07) is 5.36. The Bertz CT molecular complexity index is 1170. The third-order valence-corrected chi connectivity index (χ3v) is 6.80. The zero-order valence-corrected chi connectivity index (χ0v) is 18.3. The molecule has 1 saturated heterocycles. The standard InChI is InChI=1S/C22H24N6O2S/c1-12(2)15-10-14(5-8-24-15)28-16-6-9-25-21-17(16)18(27-22(28)30)19(31-21)20(29)26-13-4-3-7-23-11-13/h5-6,8-10,12-13,23H,3-4,7,11H2,1-2H3,(H,26,29)(H,27,30)/t13-/m1/s1. The molecular weight excluding hydrogens is 412 g/mol. The minimum absolute atomic E-state index is 0.0909. The summed E-state index contributed by atoms with van der Waals surface area (Å²) < 4.78 is 0. The summed E-state index contributed by atoms with van der Waals surface area (Å²) in [6.07, 6.45) is 5.38. The van der Waals surface area contributed by atoms with Crippen LogP contribution in [0.5, 0.6) is 0 Å². The van der Waals surface area contributed by atoms with Gasteiger partial charge in [-0.2, -0.15) is 0 Å². The van der Waals surface area contributed by atoms with Gasteiger partial charge in [-0.3, -0.25) is 14.7 Å². The first-order valence-corrected chi connectivity index (χ1v) is 11.3. The zero-order valence-electron chi connectivity index (χ0n) is 17.4. The molecule has 5 rings (SSSR count). The van der Waals surface area contributed by atoms with E-state index in [0.29, 0.717) is 10.6 Å². The van der Waals surface area contributed by atoms with Crippen molar-refractivity contribution in [3.8, 4) is 0 Å². The molecule has 1 fully saturated rings. The SMILES string of the molecule is CC(C)c1cc(N2C(=O)Nc3c(C(=O)N[C@@H]4CCCNC4)sc4nccc2c34)ccn1. The second kappa shape index (κ2) is 7.90. The van der Waals surface area contributed by atoms with Crippen LogP contribution in [-0.4, -0.2) is 41.0 Å². The van der Waals surface area contributed by atoms with Crippen molar-refractivity contribution in [3.63, 3.8) is 0 Å². The first kappa shape index (κ1) is 19.9. The predicted molar refractivity (Wildman–Crippen MR) is 122 cm³/mol. The first-order chi connectivity index (χ1) is 15.0. The number of aromatic nitrogens is 2. The highest BCUT2D eigenvalue weighted by atomic mass is 32.1. The number of thiophene rings is 1. The van der Waals surface area contributed by atoms with Gasteiger partial charge in [-0.1, -0.05) is 13.8 Å². The molecule has 0 spiro atoms. The molecule has 0 aliphatic carbocycles. The molecule has 0 saturated carbocycles. The highest BCUT2D eigenvalue weighted by Crippen LogP contribution is 2.45. The molecule has 1 atom stereocenters. The fourth-order valence-electron chi connectivity index (χ4n) is 4.12. The van der Waals surface area contributed by atoms with Crippen LogP contribution < -0.4 is 20.9 Å². The maximum atomic E-state index is 13.2. The van der Waals surface area contributed by atoms with E-state index in [1.165, 1.54) is 11.3 Å². The van der Waals surface area contributed by atoms with E-state index in [0.717, 1.165) is 53.2 Å². The van der Waals surface area contributed by atoms with Crippen LogP contribution in [0.25, 0.3) is 10.2 Å². The first-order valence-electron chi connectivity index (χ1n) is 10.5. The van der Waals surface area contributed by atoms with Crippen LogP contribution in [0, 0.1) is 0 Å². The lowest BCUT2D eigenvalue weighted by Gasteiger charge is -2.29. The lowest BCUT2D eigenvalue weighted by molar-refractivity contribution is 0.0935. The molecule has 3 amide bonds. The van der Waals surface area contributed by atoms with E-state index in [1.807, 2.05) is 18.2 Å². The van der Waals surface area contributed by atoms with E-state index in [-0.39, 0.29) is 23.9 Å². The number of piperidine rings is 1. The second-order valence-electron chi connectivity index (χ2n) is 8.19. The van der Waals surface area contributed by atoms with Crippen molar-refractivity contribution in [1.82, 2.24) is 20.6 Å². The number of anilines is 3. The summed E-state index contributed by atoms with van der Waals surface area (Å²) in [7, 11) is 0. The van der Waals surface area contributed by atoms with Gasteiger partial charge < -0.3 is 16.0 Å². The Morgan fingerprint density at radius 2 is 2.13 bits per heavy atom. The number of pyridine rings is 2. The quantitative estimate of drug-likeness (QED) is 0.575. The van der Waals surface area contributed by atoms with Crippen molar-refractivity contribution in [1.29, 1.82) is 0 Å². The molecule has 0 radical (unpaired) electrons. The third-order valence-electron chi connectivity index (χ3n) is 5.70. The number of nitrogens with zero attached hydrogens (tertiary/aromatic N) is 3. The fraction of sp³-hybridized carbons (Fsp3) is 0.364. The van der Waals surface area contributed by atoms with E-state index in [4.69, 9.17) is 0 Å². The Morgan fingerprint density at radius 1 is 1.29 bits per heavy atom. The van der Waals surface area contributed by atoms with Crippen molar-refractivity contribution in [2.75, 3.05) is 23.3 Å². The van der Waals surface area contributed by atoms with Gasteiger partial charge in [-0.15, -0.1) is 11.3 Å². The Balaban J connectivity index is 1.56. The molecule has 3 aromatic rings. The summed E-state index contributed by atoms with van der Waals surface area (Å²) in [5, 5.41) is 10.1. The Labute approximate surface area is 184 Å². The molecular formula is C22H24N6O2S. The van der Waals surface area contributed by atoms with Gasteiger partial charge in [-0.25, -0.2) is 9.78 Å². The highest BCUT2D eigenvalue weighted by Gasteiger charge is 2.33. The molecule has 0 bridgehead atoms. The van der Waals surface area contributed by atoms with Crippen molar-refractivity contribution in [3.05, 3.63) is 41.2 Å². The molecule has 2 aliphatic rings. The van der Waals surface area contributed by atoms with Gasteiger partial charge in [-0.05, 0) is 43.5 Å². The number of nitrogens with one attached hydrogen (secondary N) is 3. The summed E-state index contributed by atoms with van der Waals surface area (Å²) in [6.45, 7) is 5.87. The van der Waals surface area contributed by atoms with Crippen LogP contribution in [0.1, 0.15) is 48.0 Å². The van der Waals surface area contributed by atoms with Crippen molar-refractivity contribution < 1.29 is 9.59 Å². The van der Waals surface area contributed by atoms with E-state index >= 15 is 0 Å². The predicted octanol–water partition coefficient (Wildman–Crippen LogP) is 3.98. The molecule has 0 aromatic carbocycles. The Morgan fingerprint density at radius 3 is 2.90 bits per heavy atom. The minimum atomic E-state index is -0.298. The molecule has 160 valence electrons. The van der Waals surface area contributed by atoms with Gasteiger partial charge in [0.15, 0.2) is 0 Å². The molecule has 0 unspecified atom stereocenters. The van der Waals surface area contributed by atoms with Crippen LogP contribution >= 0.6 is 11.3 Å². The lowest BCUT2D eigenvalue weighted by atomic mass is 10.1. The normalized spacial score (nSPS) is 18.4. The van der Waals surface area contributed by atoms with Gasteiger partial charge in [0.2, 0.25) is 0 Å². The lowest BCUT2D eigenvalue weighted by Crippen LogP contribution is -2.45. The number of carbonyl (C=O) groups excluding carboxylic acids is 2. The number of carbonyl (C=O) groups is 2. The zero-order chi connectivity index (χ0) is 21.5.